The third-order valence-electron chi connectivity index (χ3n) is 4.82. The van der Waals surface area contributed by atoms with E-state index in [2.05, 4.69) is 5.32 Å². The third-order valence-corrected chi connectivity index (χ3v) is 5.07. The molecule has 1 N–H and O–H groups in total. The Kier molecular flexibility index (Phi) is 6.41. The van der Waals surface area contributed by atoms with E-state index in [1.807, 2.05) is 18.2 Å². The maximum absolute atomic E-state index is 12.6. The van der Waals surface area contributed by atoms with Crippen molar-refractivity contribution >= 4 is 29.1 Å². The first-order valence-electron chi connectivity index (χ1n) is 9.09. The number of nitrogens with zero attached hydrogens (tertiary/aromatic N) is 1. The Morgan fingerprint density at radius 3 is 2.54 bits per heavy atom. The number of methoxy groups -OCH3 is 2. The number of rotatable bonds is 7. The first-order valence-corrected chi connectivity index (χ1v) is 9.47. The molecule has 3 rings (SSSR count). The lowest BCUT2D eigenvalue weighted by Gasteiger charge is -2.17. The Morgan fingerprint density at radius 2 is 1.86 bits per heavy atom. The Morgan fingerprint density at radius 1 is 1.14 bits per heavy atom. The van der Waals surface area contributed by atoms with Gasteiger partial charge in [0.1, 0.15) is 5.92 Å². The molecule has 0 aromatic heterocycles. The highest BCUT2D eigenvalue weighted by molar-refractivity contribution is 6.30. The van der Waals surface area contributed by atoms with Crippen LogP contribution in [0.2, 0.25) is 5.02 Å². The highest BCUT2D eigenvalue weighted by atomic mass is 35.5. The van der Waals surface area contributed by atoms with E-state index in [-0.39, 0.29) is 11.8 Å². The predicted molar refractivity (Wildman–Crippen MR) is 108 cm³/mol. The molecule has 28 heavy (non-hydrogen) atoms. The third kappa shape index (κ3) is 4.39. The van der Waals surface area contributed by atoms with E-state index in [4.69, 9.17) is 21.1 Å². The molecule has 0 saturated carbocycles. The standard InChI is InChI=1S/C21H23ClN2O4/c1-27-18-8-3-14(13-19(18)28-2)9-11-23-20(25)17-10-12-24(21(17)26)16-6-4-15(22)5-7-16/h3-8,13,17H,9-12H2,1-2H3,(H,23,25). The highest BCUT2D eigenvalue weighted by Gasteiger charge is 2.37. The minimum Gasteiger partial charge on any atom is -0.493 e. The van der Waals surface area contributed by atoms with Crippen molar-refractivity contribution in [3.8, 4) is 11.5 Å². The van der Waals surface area contributed by atoms with Crippen molar-refractivity contribution in [2.75, 3.05) is 32.2 Å². The van der Waals surface area contributed by atoms with Gasteiger partial charge in [0, 0.05) is 23.8 Å². The molecule has 1 aliphatic heterocycles. The molecule has 2 amide bonds. The van der Waals surface area contributed by atoms with Crippen LogP contribution in [-0.2, 0) is 16.0 Å². The second-order valence-corrected chi connectivity index (χ2v) is 6.97. The van der Waals surface area contributed by atoms with Crippen molar-refractivity contribution in [2.45, 2.75) is 12.8 Å². The van der Waals surface area contributed by atoms with Crippen LogP contribution in [-0.4, -0.2) is 39.1 Å². The summed E-state index contributed by atoms with van der Waals surface area (Å²) >= 11 is 5.90. The maximum Gasteiger partial charge on any atom is 0.239 e. The van der Waals surface area contributed by atoms with Crippen molar-refractivity contribution < 1.29 is 19.1 Å². The summed E-state index contributed by atoms with van der Waals surface area (Å²) in [6, 6.07) is 12.7. The maximum atomic E-state index is 12.6. The van der Waals surface area contributed by atoms with Crippen molar-refractivity contribution in [3.05, 3.63) is 53.1 Å². The monoisotopic (exact) mass is 402 g/mol. The molecule has 1 atom stereocenters. The topological polar surface area (TPSA) is 67.9 Å². The summed E-state index contributed by atoms with van der Waals surface area (Å²) in [5.41, 5.74) is 1.77. The number of hydrogen-bond acceptors (Lipinski definition) is 4. The van der Waals surface area contributed by atoms with E-state index in [1.54, 1.807) is 43.4 Å². The lowest BCUT2D eigenvalue weighted by atomic mass is 10.1. The Balaban J connectivity index is 1.54. The molecular weight excluding hydrogens is 380 g/mol. The van der Waals surface area contributed by atoms with Gasteiger partial charge in [0.05, 0.1) is 14.2 Å². The van der Waals surface area contributed by atoms with Crippen LogP contribution in [0.1, 0.15) is 12.0 Å². The van der Waals surface area contributed by atoms with Gasteiger partial charge >= 0.3 is 0 Å². The molecule has 2 aromatic rings. The van der Waals surface area contributed by atoms with Crippen LogP contribution in [0.15, 0.2) is 42.5 Å². The Labute approximate surface area is 169 Å². The normalized spacial score (nSPS) is 16.2. The van der Waals surface area contributed by atoms with Gasteiger partial charge in [-0.2, -0.15) is 0 Å². The van der Waals surface area contributed by atoms with Crippen LogP contribution in [0.3, 0.4) is 0 Å². The fourth-order valence-corrected chi connectivity index (χ4v) is 3.42. The first kappa shape index (κ1) is 20.0. The summed E-state index contributed by atoms with van der Waals surface area (Å²) in [6.45, 7) is 0.966. The van der Waals surface area contributed by atoms with Gasteiger partial charge in [-0.25, -0.2) is 0 Å². The van der Waals surface area contributed by atoms with E-state index in [0.29, 0.717) is 42.5 Å². The number of carbonyl (C=O) groups excluding carboxylic acids is 2. The van der Waals surface area contributed by atoms with E-state index in [0.717, 1.165) is 11.3 Å². The van der Waals surface area contributed by atoms with E-state index < -0.39 is 5.92 Å². The molecule has 6 nitrogen and oxygen atoms in total. The predicted octanol–water partition coefficient (Wildman–Crippen LogP) is 3.07. The van der Waals surface area contributed by atoms with Gasteiger partial charge in [-0.05, 0) is 54.8 Å². The summed E-state index contributed by atoms with van der Waals surface area (Å²) in [7, 11) is 3.17. The lowest BCUT2D eigenvalue weighted by Crippen LogP contribution is -2.37. The van der Waals surface area contributed by atoms with Crippen molar-refractivity contribution in [3.63, 3.8) is 0 Å². The number of hydrogen-bond donors (Lipinski definition) is 1. The first-order chi connectivity index (χ1) is 13.5. The lowest BCUT2D eigenvalue weighted by molar-refractivity contribution is -0.132. The fourth-order valence-electron chi connectivity index (χ4n) is 3.29. The molecule has 148 valence electrons. The number of nitrogens with one attached hydrogen (secondary N) is 1. The molecule has 7 heteroatoms. The molecule has 0 aliphatic carbocycles. The molecule has 1 fully saturated rings. The molecule has 0 spiro atoms. The van der Waals surface area contributed by atoms with E-state index in [1.165, 1.54) is 0 Å². The number of halogens is 1. The molecule has 1 heterocycles. The molecule has 2 aromatic carbocycles. The van der Waals surface area contributed by atoms with Crippen molar-refractivity contribution in [2.24, 2.45) is 5.92 Å². The van der Waals surface area contributed by atoms with Crippen LogP contribution >= 0.6 is 11.6 Å². The van der Waals surface area contributed by atoms with Crippen molar-refractivity contribution in [1.82, 2.24) is 5.32 Å². The summed E-state index contributed by atoms with van der Waals surface area (Å²) in [4.78, 5) is 26.7. The van der Waals surface area contributed by atoms with E-state index >= 15 is 0 Å². The largest absolute Gasteiger partial charge is 0.493 e. The average molecular weight is 403 g/mol. The summed E-state index contributed by atoms with van der Waals surface area (Å²) in [5.74, 6) is 0.249. The number of carbonyl (C=O) groups is 2. The van der Waals surface area contributed by atoms with Gasteiger partial charge in [-0.3, -0.25) is 9.59 Å². The smallest absolute Gasteiger partial charge is 0.239 e. The van der Waals surface area contributed by atoms with Gasteiger partial charge in [0.2, 0.25) is 11.8 Å². The Bertz CT molecular complexity index is 854. The van der Waals surface area contributed by atoms with Crippen LogP contribution in [0, 0.1) is 5.92 Å². The molecule has 1 aliphatic rings. The quantitative estimate of drug-likeness (QED) is 0.723. The van der Waals surface area contributed by atoms with Crippen LogP contribution < -0.4 is 19.7 Å². The average Bonchev–Trinajstić information content (AvgIpc) is 3.09. The zero-order chi connectivity index (χ0) is 20.1. The molecule has 0 bridgehead atoms. The SMILES string of the molecule is COc1ccc(CCNC(=O)C2CCN(c3ccc(Cl)cc3)C2=O)cc1OC. The minimum atomic E-state index is -0.652. The van der Waals surface area contributed by atoms with Crippen LogP contribution in [0.5, 0.6) is 11.5 Å². The van der Waals surface area contributed by atoms with Gasteiger partial charge < -0.3 is 19.7 Å². The van der Waals surface area contributed by atoms with Crippen molar-refractivity contribution in [1.29, 1.82) is 0 Å². The van der Waals surface area contributed by atoms with Gasteiger partial charge in [-0.1, -0.05) is 17.7 Å². The van der Waals surface area contributed by atoms with Gasteiger partial charge in [0.15, 0.2) is 11.5 Å². The number of ether oxygens (including phenoxy) is 2. The molecule has 0 radical (unpaired) electrons. The van der Waals surface area contributed by atoms with Crippen LogP contribution in [0.25, 0.3) is 0 Å². The number of anilines is 1. The second-order valence-electron chi connectivity index (χ2n) is 6.54. The molecule has 1 saturated heterocycles. The van der Waals surface area contributed by atoms with E-state index in [9.17, 15) is 9.59 Å². The minimum absolute atomic E-state index is 0.175. The molecular formula is C21H23ClN2O4. The summed E-state index contributed by atoms with van der Waals surface area (Å²) < 4.78 is 10.5. The Hall–Kier alpha value is -2.73. The van der Waals surface area contributed by atoms with Crippen LogP contribution in [0.4, 0.5) is 5.69 Å². The fraction of sp³-hybridized carbons (Fsp3) is 0.333. The van der Waals surface area contributed by atoms with Gasteiger partial charge in [0.25, 0.3) is 0 Å². The highest BCUT2D eigenvalue weighted by Crippen LogP contribution is 2.28. The zero-order valence-corrected chi connectivity index (χ0v) is 16.7. The second kappa shape index (κ2) is 8.97. The number of benzene rings is 2. The van der Waals surface area contributed by atoms with Gasteiger partial charge in [-0.15, -0.1) is 0 Å². The summed E-state index contributed by atoms with van der Waals surface area (Å²) in [5, 5.41) is 3.48. The summed E-state index contributed by atoms with van der Waals surface area (Å²) in [6.07, 6.45) is 1.14. The molecule has 1 unspecified atom stereocenters. The number of amides is 2. The zero-order valence-electron chi connectivity index (χ0n) is 15.9.